The summed E-state index contributed by atoms with van der Waals surface area (Å²) in [6, 6.07) is 8.13. The lowest BCUT2D eigenvalue weighted by atomic mass is 10.1. The van der Waals surface area contributed by atoms with Crippen molar-refractivity contribution in [2.75, 3.05) is 20.5 Å². The minimum Gasteiger partial charge on any atom is -0.493 e. The highest BCUT2D eigenvalue weighted by atomic mass is 32.2. The number of methoxy groups -OCH3 is 2. The minimum atomic E-state index is -3.69. The molecule has 0 bridgehead atoms. The van der Waals surface area contributed by atoms with E-state index in [-0.39, 0.29) is 23.0 Å². The standard InChI is InChI=1S/C19H18O7S/c1-11-14(26-27(4,21)22)8-6-13-18(20)17(25-19(11)13)10-12-5-7-15(23-2)16(9-12)24-3/h5-10H,1-4H3/b17-10+. The molecule has 1 aliphatic heterocycles. The molecule has 0 radical (unpaired) electrons. The van der Waals surface area contributed by atoms with Crippen molar-refractivity contribution < 1.29 is 31.6 Å². The molecule has 142 valence electrons. The molecule has 0 aromatic heterocycles. The zero-order valence-electron chi connectivity index (χ0n) is 15.2. The predicted molar refractivity (Wildman–Crippen MR) is 99.1 cm³/mol. The van der Waals surface area contributed by atoms with Gasteiger partial charge in [-0.2, -0.15) is 8.42 Å². The van der Waals surface area contributed by atoms with Crippen molar-refractivity contribution in [2.45, 2.75) is 6.92 Å². The molecule has 2 aromatic carbocycles. The Morgan fingerprint density at radius 2 is 1.67 bits per heavy atom. The van der Waals surface area contributed by atoms with Crippen LogP contribution in [0.5, 0.6) is 23.0 Å². The molecule has 1 aliphatic rings. The van der Waals surface area contributed by atoms with Gasteiger partial charge < -0.3 is 18.4 Å². The summed E-state index contributed by atoms with van der Waals surface area (Å²) in [5.74, 6) is 1.32. The van der Waals surface area contributed by atoms with Crippen LogP contribution in [0.1, 0.15) is 21.5 Å². The first-order valence-corrected chi connectivity index (χ1v) is 9.74. The summed E-state index contributed by atoms with van der Waals surface area (Å²) in [7, 11) is -0.629. The highest BCUT2D eigenvalue weighted by Crippen LogP contribution is 2.40. The summed E-state index contributed by atoms with van der Waals surface area (Å²) < 4.78 is 43.8. The van der Waals surface area contributed by atoms with Gasteiger partial charge in [0.05, 0.1) is 26.0 Å². The summed E-state index contributed by atoms with van der Waals surface area (Å²) in [6.45, 7) is 1.63. The van der Waals surface area contributed by atoms with Crippen molar-refractivity contribution >= 4 is 22.0 Å². The molecule has 0 saturated carbocycles. The predicted octanol–water partition coefficient (Wildman–Crippen LogP) is 2.97. The molecule has 7 nitrogen and oxygen atoms in total. The van der Waals surface area contributed by atoms with Gasteiger partial charge in [-0.25, -0.2) is 0 Å². The second-order valence-corrected chi connectivity index (χ2v) is 7.48. The molecule has 0 fully saturated rings. The number of ether oxygens (including phenoxy) is 3. The lowest BCUT2D eigenvalue weighted by Gasteiger charge is -2.09. The van der Waals surface area contributed by atoms with E-state index in [1.807, 2.05) is 0 Å². The van der Waals surface area contributed by atoms with Crippen molar-refractivity contribution in [1.82, 2.24) is 0 Å². The third kappa shape index (κ3) is 3.75. The monoisotopic (exact) mass is 390 g/mol. The van der Waals surface area contributed by atoms with Gasteiger partial charge in [-0.15, -0.1) is 0 Å². The number of carbonyl (C=O) groups is 1. The number of ketones is 1. The van der Waals surface area contributed by atoms with Crippen LogP contribution in [0.25, 0.3) is 6.08 Å². The number of hydrogen-bond acceptors (Lipinski definition) is 7. The number of allylic oxidation sites excluding steroid dienone is 1. The fourth-order valence-electron chi connectivity index (χ4n) is 2.72. The molecule has 3 rings (SSSR count). The third-order valence-corrected chi connectivity index (χ3v) is 4.47. The first-order valence-electron chi connectivity index (χ1n) is 7.93. The molecule has 2 aromatic rings. The molecule has 0 unspecified atom stereocenters. The first kappa shape index (κ1) is 18.8. The van der Waals surface area contributed by atoms with Gasteiger partial charge in [0.25, 0.3) is 0 Å². The van der Waals surface area contributed by atoms with Crippen LogP contribution in [-0.4, -0.2) is 34.7 Å². The largest absolute Gasteiger partial charge is 0.493 e. The Kier molecular flexibility index (Phi) is 4.84. The van der Waals surface area contributed by atoms with E-state index in [1.54, 1.807) is 31.2 Å². The molecule has 0 aliphatic carbocycles. The third-order valence-electron chi connectivity index (χ3n) is 3.98. The van der Waals surface area contributed by atoms with Gasteiger partial charge in [0.15, 0.2) is 17.3 Å². The van der Waals surface area contributed by atoms with Crippen molar-refractivity contribution in [3.63, 3.8) is 0 Å². The van der Waals surface area contributed by atoms with Crippen LogP contribution in [0.15, 0.2) is 36.1 Å². The summed E-state index contributed by atoms with van der Waals surface area (Å²) in [4.78, 5) is 12.6. The topological polar surface area (TPSA) is 88.1 Å². The van der Waals surface area contributed by atoms with Gasteiger partial charge in [-0.05, 0) is 42.8 Å². The molecule has 1 heterocycles. The van der Waals surface area contributed by atoms with Gasteiger partial charge >= 0.3 is 10.1 Å². The van der Waals surface area contributed by atoms with Crippen molar-refractivity contribution in [3.05, 3.63) is 52.8 Å². The summed E-state index contributed by atoms with van der Waals surface area (Å²) >= 11 is 0. The number of Topliss-reactive ketones (excluding diaryl/α,β-unsaturated/α-hetero) is 1. The maximum absolute atomic E-state index is 12.6. The Balaban J connectivity index is 1.97. The van der Waals surface area contributed by atoms with E-state index in [0.717, 1.165) is 6.26 Å². The van der Waals surface area contributed by atoms with Crippen LogP contribution < -0.4 is 18.4 Å². The van der Waals surface area contributed by atoms with Gasteiger partial charge in [0.2, 0.25) is 5.78 Å². The molecule has 0 N–H and O–H groups in total. The van der Waals surface area contributed by atoms with Crippen LogP contribution in [-0.2, 0) is 10.1 Å². The van der Waals surface area contributed by atoms with E-state index in [1.165, 1.54) is 26.4 Å². The van der Waals surface area contributed by atoms with Crippen LogP contribution in [0.4, 0.5) is 0 Å². The highest BCUT2D eigenvalue weighted by Gasteiger charge is 2.30. The normalized spacial score (nSPS) is 14.7. The number of hydrogen-bond donors (Lipinski definition) is 0. The zero-order valence-corrected chi connectivity index (χ0v) is 16.0. The zero-order chi connectivity index (χ0) is 19.8. The Bertz CT molecular complexity index is 1050. The second-order valence-electron chi connectivity index (χ2n) is 5.91. The average Bonchev–Trinajstić information content (AvgIpc) is 2.93. The van der Waals surface area contributed by atoms with Crippen molar-refractivity contribution in [2.24, 2.45) is 0 Å². The smallest absolute Gasteiger partial charge is 0.306 e. The van der Waals surface area contributed by atoms with Crippen molar-refractivity contribution in [3.8, 4) is 23.0 Å². The summed E-state index contributed by atoms with van der Waals surface area (Å²) in [5, 5.41) is 0. The first-order chi connectivity index (χ1) is 12.7. The Hall–Kier alpha value is -3.00. The van der Waals surface area contributed by atoms with E-state index >= 15 is 0 Å². The summed E-state index contributed by atoms with van der Waals surface area (Å²) in [6.07, 6.45) is 2.54. The minimum absolute atomic E-state index is 0.122. The number of benzene rings is 2. The van der Waals surface area contributed by atoms with E-state index in [2.05, 4.69) is 0 Å². The average molecular weight is 390 g/mol. The SMILES string of the molecule is COc1ccc(/C=C2/Oc3c(ccc(OS(C)(=O)=O)c3C)C2=O)cc1OC. The molecule has 27 heavy (non-hydrogen) atoms. The van der Waals surface area contributed by atoms with E-state index in [4.69, 9.17) is 18.4 Å². The summed E-state index contributed by atoms with van der Waals surface area (Å²) in [5.41, 5.74) is 1.47. The van der Waals surface area contributed by atoms with Crippen LogP contribution in [0, 0.1) is 6.92 Å². The Morgan fingerprint density at radius 1 is 1.00 bits per heavy atom. The Morgan fingerprint density at radius 3 is 2.30 bits per heavy atom. The van der Waals surface area contributed by atoms with Crippen molar-refractivity contribution in [1.29, 1.82) is 0 Å². The van der Waals surface area contributed by atoms with Gasteiger partial charge in [-0.1, -0.05) is 6.07 Å². The number of carbonyl (C=O) groups excluding carboxylic acids is 1. The molecular weight excluding hydrogens is 372 g/mol. The maximum Gasteiger partial charge on any atom is 0.306 e. The maximum atomic E-state index is 12.6. The van der Waals surface area contributed by atoms with Crippen LogP contribution in [0.2, 0.25) is 0 Å². The number of fused-ring (bicyclic) bond motifs is 1. The fourth-order valence-corrected chi connectivity index (χ4v) is 3.22. The molecule has 0 atom stereocenters. The fraction of sp³-hybridized carbons (Fsp3) is 0.211. The van der Waals surface area contributed by atoms with Gasteiger partial charge in [0, 0.05) is 5.56 Å². The Labute approximate surface area is 157 Å². The molecule has 8 heteroatoms. The van der Waals surface area contributed by atoms with Crippen LogP contribution >= 0.6 is 0 Å². The van der Waals surface area contributed by atoms with Crippen LogP contribution in [0.3, 0.4) is 0 Å². The molecule has 0 amide bonds. The molecular formula is C19H18O7S. The highest BCUT2D eigenvalue weighted by molar-refractivity contribution is 7.86. The van der Waals surface area contributed by atoms with Gasteiger partial charge in [0.1, 0.15) is 11.5 Å². The molecule has 0 saturated heterocycles. The van der Waals surface area contributed by atoms with Gasteiger partial charge in [-0.3, -0.25) is 4.79 Å². The lowest BCUT2D eigenvalue weighted by molar-refractivity contribution is 0.101. The number of rotatable bonds is 5. The van der Waals surface area contributed by atoms with E-state index in [0.29, 0.717) is 28.2 Å². The second kappa shape index (κ2) is 6.96. The van der Waals surface area contributed by atoms with E-state index in [9.17, 15) is 13.2 Å². The van der Waals surface area contributed by atoms with E-state index < -0.39 is 10.1 Å². The lowest BCUT2D eigenvalue weighted by Crippen LogP contribution is -2.07. The molecule has 0 spiro atoms. The quantitative estimate of drug-likeness (QED) is 0.573.